The van der Waals surface area contributed by atoms with Crippen molar-refractivity contribution in [1.82, 2.24) is 28.7 Å². The maximum atomic E-state index is 5.24. The summed E-state index contributed by atoms with van der Waals surface area (Å²) in [6.45, 7) is 0. The molecule has 0 amide bonds. The molecule has 47 heavy (non-hydrogen) atoms. The average Bonchev–Trinajstić information content (AvgIpc) is 3.65. The molecule has 0 bridgehead atoms. The predicted molar refractivity (Wildman–Crippen MR) is 191 cm³/mol. The monoisotopic (exact) mass is 620 g/mol. The van der Waals surface area contributed by atoms with Crippen LogP contribution in [0.3, 0.4) is 0 Å². The molecular formula is C40H24N6S. The summed E-state index contributed by atoms with van der Waals surface area (Å²) in [5.74, 6) is 1.89. The third-order valence-electron chi connectivity index (χ3n) is 8.38. The van der Waals surface area contributed by atoms with Crippen molar-refractivity contribution in [1.29, 1.82) is 0 Å². The summed E-state index contributed by atoms with van der Waals surface area (Å²) in [5.41, 5.74) is 9.58. The lowest BCUT2D eigenvalue weighted by atomic mass is 9.96. The van der Waals surface area contributed by atoms with Gasteiger partial charge in [-0.05, 0) is 35.4 Å². The molecule has 0 saturated heterocycles. The summed E-state index contributed by atoms with van der Waals surface area (Å²) < 4.78 is 9.23. The Morgan fingerprint density at radius 2 is 0.915 bits per heavy atom. The third-order valence-corrected chi connectivity index (χ3v) is 8.93. The second-order valence-corrected chi connectivity index (χ2v) is 11.8. The molecule has 9 aromatic rings. The molecule has 6 aromatic carbocycles. The van der Waals surface area contributed by atoms with Crippen molar-refractivity contribution >= 4 is 44.4 Å². The number of aromatic nitrogens is 6. The van der Waals surface area contributed by atoms with E-state index >= 15 is 0 Å². The summed E-state index contributed by atoms with van der Waals surface area (Å²) in [6, 6.07) is 49.4. The van der Waals surface area contributed by atoms with Gasteiger partial charge in [0.2, 0.25) is 0 Å². The van der Waals surface area contributed by atoms with E-state index in [1.54, 1.807) is 0 Å². The zero-order chi connectivity index (χ0) is 31.2. The largest absolute Gasteiger partial charge is 0.247 e. The molecule has 0 aliphatic heterocycles. The molecule has 220 valence electrons. The van der Waals surface area contributed by atoms with Crippen molar-refractivity contribution < 1.29 is 0 Å². The second kappa shape index (κ2) is 11.3. The molecule has 0 atom stereocenters. The van der Waals surface area contributed by atoms with Crippen LogP contribution in [0.25, 0.3) is 89.3 Å². The molecule has 0 aliphatic rings. The summed E-state index contributed by atoms with van der Waals surface area (Å²) in [7, 11) is 0. The van der Waals surface area contributed by atoms with Crippen LogP contribution in [-0.4, -0.2) is 28.7 Å². The van der Waals surface area contributed by atoms with Gasteiger partial charge in [0.25, 0.3) is 0 Å². The van der Waals surface area contributed by atoms with E-state index in [9.17, 15) is 0 Å². The fraction of sp³-hybridized carbons (Fsp3) is 0. The van der Waals surface area contributed by atoms with Crippen molar-refractivity contribution in [2.75, 3.05) is 0 Å². The van der Waals surface area contributed by atoms with Gasteiger partial charge in [0.05, 0.1) is 22.9 Å². The molecule has 9 rings (SSSR count). The van der Waals surface area contributed by atoms with Crippen LogP contribution in [0.2, 0.25) is 0 Å². The fourth-order valence-electron chi connectivity index (χ4n) is 6.11. The molecule has 3 heterocycles. The molecule has 0 aliphatic carbocycles. The molecular weight excluding hydrogens is 597 g/mol. The first kappa shape index (κ1) is 27.2. The quantitative estimate of drug-likeness (QED) is 0.178. The molecule has 0 N–H and O–H groups in total. The van der Waals surface area contributed by atoms with Crippen molar-refractivity contribution in [2.45, 2.75) is 0 Å². The lowest BCUT2D eigenvalue weighted by molar-refractivity contribution is 1.07. The number of nitrogens with zero attached hydrogens (tertiary/aromatic N) is 6. The zero-order valence-electron chi connectivity index (χ0n) is 24.9. The summed E-state index contributed by atoms with van der Waals surface area (Å²) >= 11 is 1.24. The lowest BCUT2D eigenvalue weighted by Crippen LogP contribution is -2.00. The number of hydrogen-bond donors (Lipinski definition) is 0. The molecule has 0 saturated carbocycles. The maximum Gasteiger partial charge on any atom is 0.164 e. The van der Waals surface area contributed by atoms with Gasteiger partial charge in [-0.1, -0.05) is 121 Å². The van der Waals surface area contributed by atoms with Gasteiger partial charge < -0.3 is 0 Å². The highest BCUT2D eigenvalue weighted by Crippen LogP contribution is 2.38. The Bertz CT molecular complexity index is 2510. The van der Waals surface area contributed by atoms with Crippen molar-refractivity contribution in [2.24, 2.45) is 0 Å². The lowest BCUT2D eigenvalue weighted by Gasteiger charge is -2.12. The average molecular weight is 621 g/mol. The van der Waals surface area contributed by atoms with Gasteiger partial charge in [0, 0.05) is 38.4 Å². The maximum absolute atomic E-state index is 5.24. The Balaban J connectivity index is 1.21. The van der Waals surface area contributed by atoms with Crippen LogP contribution in [0, 0.1) is 0 Å². The van der Waals surface area contributed by atoms with Gasteiger partial charge in [-0.2, -0.15) is 8.75 Å². The topological polar surface area (TPSA) is 77.3 Å². The van der Waals surface area contributed by atoms with E-state index in [1.807, 2.05) is 84.9 Å². The zero-order valence-corrected chi connectivity index (χ0v) is 25.8. The van der Waals surface area contributed by atoms with Crippen LogP contribution >= 0.6 is 11.7 Å². The first-order valence-corrected chi connectivity index (χ1v) is 16.0. The van der Waals surface area contributed by atoms with Gasteiger partial charge >= 0.3 is 0 Å². The number of benzene rings is 6. The first-order chi connectivity index (χ1) is 23.3. The number of rotatable bonds is 5. The molecule has 0 radical (unpaired) electrons. The Morgan fingerprint density at radius 1 is 0.362 bits per heavy atom. The van der Waals surface area contributed by atoms with Crippen LogP contribution in [-0.2, 0) is 0 Å². The van der Waals surface area contributed by atoms with Crippen molar-refractivity contribution in [3.63, 3.8) is 0 Å². The third kappa shape index (κ3) is 4.90. The molecule has 0 spiro atoms. The van der Waals surface area contributed by atoms with E-state index in [2.05, 4.69) is 65.0 Å². The van der Waals surface area contributed by atoms with Crippen LogP contribution in [0.15, 0.2) is 146 Å². The van der Waals surface area contributed by atoms with Crippen LogP contribution in [0.5, 0.6) is 0 Å². The Morgan fingerprint density at radius 3 is 1.60 bits per heavy atom. The summed E-state index contributed by atoms with van der Waals surface area (Å²) in [4.78, 5) is 20.0. The number of hydrogen-bond acceptors (Lipinski definition) is 7. The summed E-state index contributed by atoms with van der Waals surface area (Å²) in [5, 5.41) is 3.19. The second-order valence-electron chi connectivity index (χ2n) is 11.3. The minimum Gasteiger partial charge on any atom is -0.247 e. The molecule has 6 nitrogen and oxygen atoms in total. The SMILES string of the molecule is c1ccc(-c2nc(-c3ccccc3)nc(-c3cccc(-c4ccc5c(c4)nc(-c4ccccc4)c4ccc6nsnc6c45)c3)n2)cc1. The highest BCUT2D eigenvalue weighted by Gasteiger charge is 2.17. The van der Waals surface area contributed by atoms with E-state index in [1.165, 1.54) is 11.7 Å². The van der Waals surface area contributed by atoms with Gasteiger partial charge in [-0.3, -0.25) is 0 Å². The molecule has 0 unspecified atom stereocenters. The smallest absolute Gasteiger partial charge is 0.164 e. The Hall–Kier alpha value is -6.18. The Kier molecular flexibility index (Phi) is 6.54. The predicted octanol–water partition coefficient (Wildman–Crippen LogP) is 9.91. The van der Waals surface area contributed by atoms with E-state index in [0.29, 0.717) is 17.5 Å². The van der Waals surface area contributed by atoms with Crippen LogP contribution in [0.4, 0.5) is 0 Å². The minimum absolute atomic E-state index is 0.620. The van der Waals surface area contributed by atoms with E-state index in [0.717, 1.165) is 71.8 Å². The fourth-order valence-corrected chi connectivity index (χ4v) is 6.65. The number of pyridine rings is 1. The molecule has 7 heteroatoms. The highest BCUT2D eigenvalue weighted by molar-refractivity contribution is 7.00. The summed E-state index contributed by atoms with van der Waals surface area (Å²) in [6.07, 6.45) is 0. The minimum atomic E-state index is 0.620. The van der Waals surface area contributed by atoms with Gasteiger partial charge in [0.15, 0.2) is 17.5 Å². The molecule has 0 fully saturated rings. The van der Waals surface area contributed by atoms with Gasteiger partial charge in [0.1, 0.15) is 11.0 Å². The van der Waals surface area contributed by atoms with Crippen molar-refractivity contribution in [3.05, 3.63) is 146 Å². The van der Waals surface area contributed by atoms with E-state index in [-0.39, 0.29) is 0 Å². The first-order valence-electron chi connectivity index (χ1n) is 15.3. The number of fused-ring (bicyclic) bond motifs is 5. The van der Waals surface area contributed by atoms with Gasteiger partial charge in [-0.15, -0.1) is 0 Å². The molecule has 3 aromatic heterocycles. The standard InChI is InChI=1S/C40H24N6S/c1-4-11-25(12-5-1)36-32-21-22-33-37(46-47-45-33)35(32)31-20-19-29(24-34(31)41-36)28-17-10-18-30(23-28)40-43-38(26-13-6-2-7-14-26)42-39(44-40)27-15-8-3-9-16-27/h1-24H. The van der Waals surface area contributed by atoms with E-state index in [4.69, 9.17) is 24.3 Å². The van der Waals surface area contributed by atoms with Crippen LogP contribution in [0.1, 0.15) is 0 Å². The van der Waals surface area contributed by atoms with Crippen LogP contribution < -0.4 is 0 Å². The normalized spacial score (nSPS) is 11.4. The van der Waals surface area contributed by atoms with Gasteiger partial charge in [-0.25, -0.2) is 19.9 Å². The van der Waals surface area contributed by atoms with Crippen molar-refractivity contribution in [3.8, 4) is 56.5 Å². The van der Waals surface area contributed by atoms with E-state index < -0.39 is 0 Å². The Labute approximate surface area is 274 Å². The highest BCUT2D eigenvalue weighted by atomic mass is 32.1.